The molecule has 21 heavy (non-hydrogen) atoms. The third kappa shape index (κ3) is 2.55. The molecule has 2 aromatic heterocycles. The maximum absolute atomic E-state index is 13.5. The van der Waals surface area contributed by atoms with Gasteiger partial charge in [-0.3, -0.25) is 0 Å². The summed E-state index contributed by atoms with van der Waals surface area (Å²) in [4.78, 5) is 7.65. The normalized spacial score (nSPS) is 11.7. The van der Waals surface area contributed by atoms with Gasteiger partial charge in [-0.25, -0.2) is 27.0 Å². The number of hydrogen-bond acceptors (Lipinski definition) is 5. The number of aromatic nitrogens is 4. The Morgan fingerprint density at radius 2 is 2.14 bits per heavy atom. The highest BCUT2D eigenvalue weighted by Crippen LogP contribution is 2.16. The van der Waals surface area contributed by atoms with Gasteiger partial charge in [0.05, 0.1) is 4.90 Å². The Morgan fingerprint density at radius 1 is 1.33 bits per heavy atom. The Bertz CT molecular complexity index is 889. The molecule has 3 aromatic rings. The standard InChI is InChI=1S/C12H10FN5O2S/c1-8-3-4-9(7-10(8)13)21(19,20)17-11-15-12-14-5-2-6-18(12)16-11/h2-7H,1H3,(H,16,17). The van der Waals surface area contributed by atoms with Crippen molar-refractivity contribution in [1.29, 1.82) is 0 Å². The average molecular weight is 307 g/mol. The molecule has 0 atom stereocenters. The van der Waals surface area contributed by atoms with E-state index in [4.69, 9.17) is 0 Å². The van der Waals surface area contributed by atoms with E-state index >= 15 is 0 Å². The van der Waals surface area contributed by atoms with Crippen LogP contribution in [0.25, 0.3) is 5.78 Å². The van der Waals surface area contributed by atoms with Crippen molar-refractivity contribution in [3.8, 4) is 0 Å². The van der Waals surface area contributed by atoms with E-state index in [1.165, 1.54) is 22.8 Å². The van der Waals surface area contributed by atoms with Gasteiger partial charge < -0.3 is 0 Å². The summed E-state index contributed by atoms with van der Waals surface area (Å²) >= 11 is 0. The molecule has 0 unspecified atom stereocenters. The van der Waals surface area contributed by atoms with Gasteiger partial charge in [0.1, 0.15) is 5.82 Å². The van der Waals surface area contributed by atoms with Crippen molar-refractivity contribution in [3.63, 3.8) is 0 Å². The fourth-order valence-electron chi connectivity index (χ4n) is 1.70. The third-order valence-electron chi connectivity index (χ3n) is 2.80. The number of benzene rings is 1. The Hall–Kier alpha value is -2.55. The van der Waals surface area contributed by atoms with Crippen molar-refractivity contribution in [2.45, 2.75) is 11.8 Å². The van der Waals surface area contributed by atoms with Crippen LogP contribution in [-0.2, 0) is 10.0 Å². The van der Waals surface area contributed by atoms with Gasteiger partial charge in [0.25, 0.3) is 21.7 Å². The number of nitrogens with zero attached hydrogens (tertiary/aromatic N) is 4. The van der Waals surface area contributed by atoms with Crippen LogP contribution in [0.1, 0.15) is 5.56 Å². The molecule has 0 saturated carbocycles. The topological polar surface area (TPSA) is 89.2 Å². The Kier molecular flexibility index (Phi) is 3.05. The van der Waals surface area contributed by atoms with Gasteiger partial charge in [-0.15, -0.1) is 5.10 Å². The van der Waals surface area contributed by atoms with E-state index in [1.54, 1.807) is 19.2 Å². The average Bonchev–Trinajstić information content (AvgIpc) is 2.82. The molecule has 1 aromatic carbocycles. The van der Waals surface area contributed by atoms with Gasteiger partial charge in [0.2, 0.25) is 0 Å². The SMILES string of the molecule is Cc1ccc(S(=O)(=O)Nc2nc3ncccn3n2)cc1F. The minimum absolute atomic E-state index is 0.130. The lowest BCUT2D eigenvalue weighted by molar-refractivity contribution is 0.593. The Morgan fingerprint density at radius 3 is 2.86 bits per heavy atom. The minimum atomic E-state index is -3.96. The first-order chi connectivity index (χ1) is 9.95. The highest BCUT2D eigenvalue weighted by molar-refractivity contribution is 7.92. The van der Waals surface area contributed by atoms with Crippen LogP contribution in [0.2, 0.25) is 0 Å². The lowest BCUT2D eigenvalue weighted by Crippen LogP contribution is -2.14. The quantitative estimate of drug-likeness (QED) is 0.789. The van der Waals surface area contributed by atoms with Crippen LogP contribution in [-0.4, -0.2) is 28.0 Å². The zero-order valence-corrected chi connectivity index (χ0v) is 11.7. The lowest BCUT2D eigenvalue weighted by Gasteiger charge is -2.05. The zero-order chi connectivity index (χ0) is 15.0. The molecule has 3 rings (SSSR count). The first-order valence-corrected chi connectivity index (χ1v) is 7.40. The van der Waals surface area contributed by atoms with Crippen molar-refractivity contribution in [2.75, 3.05) is 4.72 Å². The van der Waals surface area contributed by atoms with Gasteiger partial charge >= 0.3 is 0 Å². The maximum atomic E-state index is 13.5. The number of hydrogen-bond donors (Lipinski definition) is 1. The molecule has 0 saturated heterocycles. The summed E-state index contributed by atoms with van der Waals surface area (Å²) in [6.45, 7) is 1.55. The van der Waals surface area contributed by atoms with Crippen LogP contribution in [0.4, 0.5) is 10.3 Å². The molecular formula is C12H10FN5O2S. The molecule has 0 radical (unpaired) electrons. The first-order valence-electron chi connectivity index (χ1n) is 5.92. The second-order valence-electron chi connectivity index (χ2n) is 4.32. The highest BCUT2D eigenvalue weighted by atomic mass is 32.2. The van der Waals surface area contributed by atoms with Crippen molar-refractivity contribution in [2.24, 2.45) is 0 Å². The number of aryl methyl sites for hydroxylation is 1. The molecule has 0 spiro atoms. The molecule has 0 bridgehead atoms. The van der Waals surface area contributed by atoms with Crippen molar-refractivity contribution in [3.05, 3.63) is 48.0 Å². The molecule has 0 aliphatic heterocycles. The van der Waals surface area contributed by atoms with Crippen LogP contribution >= 0.6 is 0 Å². The Labute approximate surface area is 119 Å². The summed E-state index contributed by atoms with van der Waals surface area (Å²) in [5, 5.41) is 3.92. The first kappa shape index (κ1) is 13.4. The second kappa shape index (κ2) is 4.77. The molecule has 0 amide bonds. The second-order valence-corrected chi connectivity index (χ2v) is 6.00. The molecule has 108 valence electrons. The maximum Gasteiger partial charge on any atom is 0.264 e. The van der Waals surface area contributed by atoms with Crippen LogP contribution in [0.5, 0.6) is 0 Å². The summed E-state index contributed by atoms with van der Waals surface area (Å²) in [5.41, 5.74) is 0.365. The number of nitrogens with one attached hydrogen (secondary N) is 1. The largest absolute Gasteiger partial charge is 0.264 e. The van der Waals surface area contributed by atoms with Crippen molar-refractivity contribution >= 4 is 21.7 Å². The van der Waals surface area contributed by atoms with Gasteiger partial charge in [0, 0.05) is 12.4 Å². The highest BCUT2D eigenvalue weighted by Gasteiger charge is 2.18. The lowest BCUT2D eigenvalue weighted by atomic mass is 10.2. The fourth-order valence-corrected chi connectivity index (χ4v) is 2.65. The number of anilines is 1. The van der Waals surface area contributed by atoms with E-state index in [0.717, 1.165) is 6.07 Å². The monoisotopic (exact) mass is 307 g/mol. The number of sulfonamides is 1. The van der Waals surface area contributed by atoms with Gasteiger partial charge in [-0.2, -0.15) is 4.98 Å². The summed E-state index contributed by atoms with van der Waals surface area (Å²) in [6.07, 6.45) is 3.09. The van der Waals surface area contributed by atoms with Crippen LogP contribution in [0, 0.1) is 12.7 Å². The smallest absolute Gasteiger partial charge is 0.246 e. The molecule has 0 aliphatic rings. The van der Waals surface area contributed by atoms with Crippen molar-refractivity contribution in [1.82, 2.24) is 19.6 Å². The zero-order valence-electron chi connectivity index (χ0n) is 10.9. The number of halogens is 1. The Balaban J connectivity index is 1.96. The van der Waals surface area contributed by atoms with Crippen LogP contribution < -0.4 is 4.72 Å². The minimum Gasteiger partial charge on any atom is -0.246 e. The van der Waals surface area contributed by atoms with Crippen molar-refractivity contribution < 1.29 is 12.8 Å². The molecule has 2 heterocycles. The molecular weight excluding hydrogens is 297 g/mol. The summed E-state index contributed by atoms with van der Waals surface area (Å²) in [5.74, 6) is -0.470. The molecule has 7 nitrogen and oxygen atoms in total. The summed E-state index contributed by atoms with van der Waals surface area (Å²) in [7, 11) is -3.96. The van der Waals surface area contributed by atoms with E-state index in [-0.39, 0.29) is 16.6 Å². The van der Waals surface area contributed by atoms with Crippen LogP contribution in [0.15, 0.2) is 41.6 Å². The molecule has 1 N–H and O–H groups in total. The fraction of sp³-hybridized carbons (Fsp3) is 0.0833. The molecule has 0 aliphatic carbocycles. The predicted octanol–water partition coefficient (Wildman–Crippen LogP) is 1.37. The van der Waals surface area contributed by atoms with Gasteiger partial charge in [-0.05, 0) is 30.7 Å². The van der Waals surface area contributed by atoms with E-state index < -0.39 is 15.8 Å². The predicted molar refractivity (Wildman–Crippen MR) is 72.7 cm³/mol. The van der Waals surface area contributed by atoms with E-state index in [0.29, 0.717) is 5.56 Å². The summed E-state index contributed by atoms with van der Waals surface area (Å²) in [6, 6.07) is 5.29. The molecule has 0 fully saturated rings. The van der Waals surface area contributed by atoms with Gasteiger partial charge in [-0.1, -0.05) is 6.07 Å². The summed E-state index contributed by atoms with van der Waals surface area (Å²) < 4.78 is 41.3. The van der Waals surface area contributed by atoms with E-state index in [9.17, 15) is 12.8 Å². The molecule has 9 heteroatoms. The van der Waals surface area contributed by atoms with E-state index in [2.05, 4.69) is 19.8 Å². The number of fused-ring (bicyclic) bond motifs is 1. The van der Waals surface area contributed by atoms with Crippen LogP contribution in [0.3, 0.4) is 0 Å². The number of rotatable bonds is 3. The third-order valence-corrected chi connectivity index (χ3v) is 4.12. The van der Waals surface area contributed by atoms with E-state index in [1.807, 2.05) is 0 Å². The van der Waals surface area contributed by atoms with Gasteiger partial charge in [0.15, 0.2) is 0 Å².